The highest BCUT2D eigenvalue weighted by molar-refractivity contribution is 5.59. The third-order valence-corrected chi connectivity index (χ3v) is 3.46. The molecule has 2 heteroatoms. The van der Waals surface area contributed by atoms with Gasteiger partial charge in [0.15, 0.2) is 0 Å². The van der Waals surface area contributed by atoms with Crippen molar-refractivity contribution in [1.82, 2.24) is 0 Å². The van der Waals surface area contributed by atoms with Crippen molar-refractivity contribution in [1.29, 1.82) is 5.26 Å². The maximum atomic E-state index is 9.20. The quantitative estimate of drug-likeness (QED) is 0.804. The van der Waals surface area contributed by atoms with Crippen LogP contribution >= 0.6 is 0 Å². The number of aryl methyl sites for hydroxylation is 3. The summed E-state index contributed by atoms with van der Waals surface area (Å²) < 4.78 is 0. The predicted molar refractivity (Wildman–Crippen MR) is 77.9 cm³/mol. The predicted octanol–water partition coefficient (Wildman–Crippen LogP) is 3.84. The van der Waals surface area contributed by atoms with Crippen LogP contribution < -0.4 is 4.90 Å². The van der Waals surface area contributed by atoms with Crippen molar-refractivity contribution >= 4 is 5.69 Å². The van der Waals surface area contributed by atoms with E-state index in [0.29, 0.717) is 5.92 Å². The molecule has 0 aromatic heterocycles. The fraction of sp³-hybridized carbons (Fsp3) is 0.562. The number of benzene rings is 1. The van der Waals surface area contributed by atoms with Crippen LogP contribution in [-0.2, 0) is 0 Å². The van der Waals surface area contributed by atoms with Gasteiger partial charge in [-0.25, -0.2) is 0 Å². The molecule has 0 N–H and O–H groups in total. The van der Waals surface area contributed by atoms with E-state index < -0.39 is 0 Å². The third-order valence-electron chi connectivity index (χ3n) is 3.46. The van der Waals surface area contributed by atoms with E-state index in [0.717, 1.165) is 6.54 Å². The summed E-state index contributed by atoms with van der Waals surface area (Å²) in [6, 6.07) is 6.82. The molecule has 0 saturated carbocycles. The number of hydrogen-bond acceptors (Lipinski definition) is 2. The standard InChI is InChI=1S/C16H24N2/c1-11(2)15(9-17)10-18(6)16-13(4)7-12(3)8-14(16)5/h7-8,11,15H,10H2,1-6H3. The van der Waals surface area contributed by atoms with E-state index >= 15 is 0 Å². The number of hydrogen-bond donors (Lipinski definition) is 0. The van der Waals surface area contributed by atoms with Gasteiger partial charge in [-0.2, -0.15) is 5.26 Å². The lowest BCUT2D eigenvalue weighted by Crippen LogP contribution is -2.28. The molecule has 0 bridgehead atoms. The minimum absolute atomic E-state index is 0.0788. The van der Waals surface area contributed by atoms with Gasteiger partial charge in [0.05, 0.1) is 12.0 Å². The molecule has 0 aliphatic heterocycles. The van der Waals surface area contributed by atoms with Gasteiger partial charge >= 0.3 is 0 Å². The maximum absolute atomic E-state index is 9.20. The first kappa shape index (κ1) is 14.6. The van der Waals surface area contributed by atoms with Crippen molar-refractivity contribution in [2.75, 3.05) is 18.5 Å². The summed E-state index contributed by atoms with van der Waals surface area (Å²) in [5.41, 5.74) is 5.13. The van der Waals surface area contributed by atoms with Crippen molar-refractivity contribution in [3.63, 3.8) is 0 Å². The zero-order valence-corrected chi connectivity index (χ0v) is 12.4. The van der Waals surface area contributed by atoms with Crippen LogP contribution in [0, 0.1) is 43.9 Å². The molecular formula is C16H24N2. The molecule has 18 heavy (non-hydrogen) atoms. The highest BCUT2D eigenvalue weighted by Crippen LogP contribution is 2.26. The Morgan fingerprint density at radius 2 is 1.67 bits per heavy atom. The van der Waals surface area contributed by atoms with Crippen molar-refractivity contribution in [3.05, 3.63) is 28.8 Å². The van der Waals surface area contributed by atoms with Crippen molar-refractivity contribution < 1.29 is 0 Å². The van der Waals surface area contributed by atoms with Crippen molar-refractivity contribution in [2.45, 2.75) is 34.6 Å². The summed E-state index contributed by atoms with van der Waals surface area (Å²) in [6.45, 7) is 11.4. The van der Waals surface area contributed by atoms with Gasteiger partial charge in [0.25, 0.3) is 0 Å². The van der Waals surface area contributed by atoms with E-state index in [-0.39, 0.29) is 5.92 Å². The van der Waals surface area contributed by atoms with E-state index in [4.69, 9.17) is 0 Å². The van der Waals surface area contributed by atoms with Crippen LogP contribution in [0.4, 0.5) is 5.69 Å². The second-order valence-corrected chi connectivity index (χ2v) is 5.61. The van der Waals surface area contributed by atoms with E-state index in [1.807, 2.05) is 0 Å². The summed E-state index contributed by atoms with van der Waals surface area (Å²) in [5, 5.41) is 9.20. The summed E-state index contributed by atoms with van der Waals surface area (Å²) in [7, 11) is 2.08. The van der Waals surface area contributed by atoms with Gasteiger partial charge in [-0.1, -0.05) is 31.5 Å². The van der Waals surface area contributed by atoms with Crippen LogP contribution in [0.3, 0.4) is 0 Å². The van der Waals surface area contributed by atoms with Gasteiger partial charge < -0.3 is 4.90 Å². The lowest BCUT2D eigenvalue weighted by Gasteiger charge is -2.27. The molecule has 1 rings (SSSR count). The SMILES string of the molecule is Cc1cc(C)c(N(C)CC(C#N)C(C)C)c(C)c1. The van der Waals surface area contributed by atoms with Crippen LogP contribution in [0.25, 0.3) is 0 Å². The van der Waals surface area contributed by atoms with Gasteiger partial charge in [-0.15, -0.1) is 0 Å². The van der Waals surface area contributed by atoms with Gasteiger partial charge in [0.2, 0.25) is 0 Å². The molecule has 0 radical (unpaired) electrons. The Morgan fingerprint density at radius 3 is 2.06 bits per heavy atom. The van der Waals surface area contributed by atoms with Gasteiger partial charge in [0, 0.05) is 19.3 Å². The maximum Gasteiger partial charge on any atom is 0.0677 e. The minimum atomic E-state index is 0.0788. The highest BCUT2D eigenvalue weighted by Gasteiger charge is 2.17. The average Bonchev–Trinajstić information content (AvgIpc) is 2.23. The third kappa shape index (κ3) is 3.26. The van der Waals surface area contributed by atoms with E-state index in [1.165, 1.54) is 22.4 Å². The Bertz CT molecular complexity index is 432. The normalized spacial score (nSPS) is 12.3. The molecule has 98 valence electrons. The van der Waals surface area contributed by atoms with Gasteiger partial charge in [-0.05, 0) is 37.8 Å². The first-order valence-electron chi connectivity index (χ1n) is 6.55. The highest BCUT2D eigenvalue weighted by atomic mass is 15.1. The van der Waals surface area contributed by atoms with E-state index in [9.17, 15) is 5.26 Å². The Labute approximate surface area is 111 Å². The minimum Gasteiger partial charge on any atom is -0.373 e. The number of nitrogens with zero attached hydrogens (tertiary/aromatic N) is 2. The Morgan fingerprint density at radius 1 is 1.17 bits per heavy atom. The number of nitriles is 1. The summed E-state index contributed by atoms with van der Waals surface area (Å²) in [5.74, 6) is 0.471. The summed E-state index contributed by atoms with van der Waals surface area (Å²) >= 11 is 0. The fourth-order valence-electron chi connectivity index (χ4n) is 2.56. The van der Waals surface area contributed by atoms with E-state index in [2.05, 4.69) is 64.8 Å². The molecule has 0 fully saturated rings. The molecule has 1 unspecified atom stereocenters. The molecular weight excluding hydrogens is 220 g/mol. The van der Waals surface area contributed by atoms with Crippen LogP contribution in [0.1, 0.15) is 30.5 Å². The van der Waals surface area contributed by atoms with Crippen molar-refractivity contribution in [2.24, 2.45) is 11.8 Å². The van der Waals surface area contributed by atoms with Gasteiger partial charge in [-0.3, -0.25) is 0 Å². The molecule has 0 spiro atoms. The first-order valence-corrected chi connectivity index (χ1v) is 6.55. The molecule has 0 amide bonds. The molecule has 0 saturated heterocycles. The first-order chi connectivity index (χ1) is 8.36. The monoisotopic (exact) mass is 244 g/mol. The lowest BCUT2D eigenvalue weighted by atomic mass is 9.96. The van der Waals surface area contributed by atoms with Crippen molar-refractivity contribution in [3.8, 4) is 6.07 Å². The van der Waals surface area contributed by atoms with Gasteiger partial charge in [0.1, 0.15) is 0 Å². The van der Waals surface area contributed by atoms with Crippen LogP contribution in [-0.4, -0.2) is 13.6 Å². The lowest BCUT2D eigenvalue weighted by molar-refractivity contribution is 0.477. The Hall–Kier alpha value is -1.49. The molecule has 1 aromatic rings. The molecule has 1 aromatic carbocycles. The summed E-state index contributed by atoms with van der Waals surface area (Å²) in [6.07, 6.45) is 0. The fourth-order valence-corrected chi connectivity index (χ4v) is 2.56. The Kier molecular flexibility index (Phi) is 4.78. The second-order valence-electron chi connectivity index (χ2n) is 5.61. The second kappa shape index (κ2) is 5.91. The van der Waals surface area contributed by atoms with E-state index in [1.54, 1.807) is 0 Å². The zero-order valence-electron chi connectivity index (χ0n) is 12.4. The summed E-state index contributed by atoms with van der Waals surface area (Å²) in [4.78, 5) is 2.22. The Balaban J connectivity index is 2.98. The molecule has 2 nitrogen and oxygen atoms in total. The largest absolute Gasteiger partial charge is 0.373 e. The molecule has 0 aliphatic carbocycles. The van der Waals surface area contributed by atoms with Crippen LogP contribution in [0.15, 0.2) is 12.1 Å². The van der Waals surface area contributed by atoms with Crippen LogP contribution in [0.5, 0.6) is 0 Å². The van der Waals surface area contributed by atoms with Crippen LogP contribution in [0.2, 0.25) is 0 Å². The zero-order chi connectivity index (χ0) is 13.9. The molecule has 0 heterocycles. The molecule has 0 aliphatic rings. The smallest absolute Gasteiger partial charge is 0.0677 e. The molecule has 1 atom stereocenters. The average molecular weight is 244 g/mol. The number of rotatable bonds is 4. The number of anilines is 1. The topological polar surface area (TPSA) is 27.0 Å².